The number of anilines is 4. The van der Waals surface area contributed by atoms with E-state index in [1.807, 2.05) is 57.2 Å². The van der Waals surface area contributed by atoms with Crippen molar-refractivity contribution in [2.24, 2.45) is 0 Å². The number of benzene rings is 2. The summed E-state index contributed by atoms with van der Waals surface area (Å²) in [5, 5.41) is 14.6. The van der Waals surface area contributed by atoms with Gasteiger partial charge in [-0.3, -0.25) is 0 Å². The molecule has 0 amide bonds. The minimum absolute atomic E-state index is 0.439. The monoisotopic (exact) mass is 335 g/mol. The molecule has 0 saturated carbocycles. The molecule has 0 spiro atoms. The summed E-state index contributed by atoms with van der Waals surface area (Å²) in [7, 11) is 1.64. The second-order valence-electron chi connectivity index (χ2n) is 5.89. The Labute approximate surface area is 147 Å². The van der Waals surface area contributed by atoms with Gasteiger partial charge in [-0.1, -0.05) is 24.3 Å². The van der Waals surface area contributed by atoms with Gasteiger partial charge in [0.2, 0.25) is 5.95 Å². The highest BCUT2D eigenvalue weighted by Gasteiger charge is 2.08. The zero-order valence-electron chi connectivity index (χ0n) is 14.8. The van der Waals surface area contributed by atoms with Crippen LogP contribution in [0.4, 0.5) is 23.1 Å². The zero-order valence-corrected chi connectivity index (χ0v) is 14.8. The molecule has 3 aromatic rings. The van der Waals surface area contributed by atoms with Gasteiger partial charge in [-0.25, -0.2) is 0 Å². The van der Waals surface area contributed by atoms with Crippen molar-refractivity contribution in [3.63, 3.8) is 0 Å². The molecule has 1 aromatic heterocycles. The second kappa shape index (κ2) is 7.17. The van der Waals surface area contributed by atoms with Crippen LogP contribution < -0.4 is 15.4 Å². The van der Waals surface area contributed by atoms with Gasteiger partial charge < -0.3 is 15.4 Å². The molecule has 0 aliphatic heterocycles. The topological polar surface area (TPSA) is 72.0 Å². The highest BCUT2D eigenvalue weighted by Crippen LogP contribution is 2.28. The van der Waals surface area contributed by atoms with Gasteiger partial charge in [0.15, 0.2) is 5.82 Å². The van der Waals surface area contributed by atoms with Crippen LogP contribution in [0.15, 0.2) is 42.6 Å². The molecular formula is C19H21N5O. The second-order valence-corrected chi connectivity index (χ2v) is 5.89. The third-order valence-corrected chi connectivity index (χ3v) is 3.89. The lowest BCUT2D eigenvalue weighted by molar-refractivity contribution is 0.416. The van der Waals surface area contributed by atoms with Crippen LogP contribution in [0.2, 0.25) is 0 Å². The molecule has 6 nitrogen and oxygen atoms in total. The van der Waals surface area contributed by atoms with Crippen molar-refractivity contribution < 1.29 is 4.74 Å². The highest BCUT2D eigenvalue weighted by atomic mass is 16.5. The van der Waals surface area contributed by atoms with Crippen molar-refractivity contribution in [2.75, 3.05) is 17.7 Å². The molecule has 6 heteroatoms. The van der Waals surface area contributed by atoms with Crippen LogP contribution in [-0.4, -0.2) is 22.3 Å². The SMILES string of the molecule is COc1ccc(C)cc1Nc1cnnc(Nc2c(C)cccc2C)n1. The first kappa shape index (κ1) is 16.7. The molecule has 0 saturated heterocycles. The minimum Gasteiger partial charge on any atom is -0.495 e. The first-order valence-corrected chi connectivity index (χ1v) is 8.01. The van der Waals surface area contributed by atoms with Crippen molar-refractivity contribution in [1.29, 1.82) is 0 Å². The van der Waals surface area contributed by atoms with E-state index in [0.717, 1.165) is 33.8 Å². The fourth-order valence-corrected chi connectivity index (χ4v) is 2.60. The maximum atomic E-state index is 5.39. The van der Waals surface area contributed by atoms with E-state index in [1.54, 1.807) is 13.3 Å². The number of rotatable bonds is 5. The average Bonchev–Trinajstić information content (AvgIpc) is 2.59. The molecule has 0 aliphatic carbocycles. The summed E-state index contributed by atoms with van der Waals surface area (Å²) >= 11 is 0. The van der Waals surface area contributed by atoms with Crippen LogP contribution in [0, 0.1) is 20.8 Å². The standard InChI is InChI=1S/C19H21N5O/c1-12-8-9-16(25-4)15(10-12)21-17-11-20-24-19(22-17)23-18-13(2)6-5-7-14(18)3/h5-11H,1-4H3,(H2,21,22,23,24). The van der Waals surface area contributed by atoms with Crippen molar-refractivity contribution >= 4 is 23.1 Å². The quantitative estimate of drug-likeness (QED) is 0.724. The average molecular weight is 335 g/mol. The van der Waals surface area contributed by atoms with E-state index in [9.17, 15) is 0 Å². The van der Waals surface area contributed by atoms with Crippen LogP contribution in [0.25, 0.3) is 0 Å². The smallest absolute Gasteiger partial charge is 0.249 e. The number of methoxy groups -OCH3 is 1. The predicted molar refractivity (Wildman–Crippen MR) is 100 cm³/mol. The van der Waals surface area contributed by atoms with Gasteiger partial charge in [0.05, 0.1) is 19.0 Å². The van der Waals surface area contributed by atoms with Crippen LogP contribution >= 0.6 is 0 Å². The van der Waals surface area contributed by atoms with E-state index >= 15 is 0 Å². The molecule has 0 radical (unpaired) electrons. The van der Waals surface area contributed by atoms with Crippen LogP contribution in [0.5, 0.6) is 5.75 Å². The normalized spacial score (nSPS) is 10.4. The lowest BCUT2D eigenvalue weighted by Gasteiger charge is -2.13. The Morgan fingerprint density at radius 1 is 0.960 bits per heavy atom. The van der Waals surface area contributed by atoms with E-state index in [-0.39, 0.29) is 0 Å². The summed E-state index contributed by atoms with van der Waals surface area (Å²) in [5.41, 5.74) is 5.21. The van der Waals surface area contributed by atoms with Gasteiger partial charge in [-0.05, 0) is 49.6 Å². The predicted octanol–water partition coefficient (Wildman–Crippen LogP) is 4.29. The number of aryl methyl sites for hydroxylation is 3. The van der Waals surface area contributed by atoms with Crippen molar-refractivity contribution in [3.05, 3.63) is 59.3 Å². The highest BCUT2D eigenvalue weighted by molar-refractivity contribution is 5.67. The molecule has 25 heavy (non-hydrogen) atoms. The molecule has 0 aliphatic rings. The summed E-state index contributed by atoms with van der Waals surface area (Å²) in [6, 6.07) is 12.0. The van der Waals surface area contributed by atoms with Crippen molar-refractivity contribution in [3.8, 4) is 5.75 Å². The number of ether oxygens (including phenoxy) is 1. The Kier molecular flexibility index (Phi) is 4.79. The number of nitrogens with one attached hydrogen (secondary N) is 2. The van der Waals surface area contributed by atoms with E-state index in [0.29, 0.717) is 11.8 Å². The van der Waals surface area contributed by atoms with E-state index in [4.69, 9.17) is 4.74 Å². The van der Waals surface area contributed by atoms with Gasteiger partial charge in [0.1, 0.15) is 5.75 Å². The van der Waals surface area contributed by atoms with E-state index in [2.05, 4.69) is 25.8 Å². The van der Waals surface area contributed by atoms with Crippen molar-refractivity contribution in [1.82, 2.24) is 15.2 Å². The van der Waals surface area contributed by atoms with Gasteiger partial charge in [0.25, 0.3) is 0 Å². The summed E-state index contributed by atoms with van der Waals surface area (Å²) in [6.07, 6.45) is 1.58. The largest absolute Gasteiger partial charge is 0.495 e. The fourth-order valence-electron chi connectivity index (χ4n) is 2.60. The molecule has 0 atom stereocenters. The summed E-state index contributed by atoms with van der Waals surface area (Å²) < 4.78 is 5.39. The van der Waals surface area contributed by atoms with Crippen LogP contribution in [0.1, 0.15) is 16.7 Å². The number of aromatic nitrogens is 3. The first-order chi connectivity index (χ1) is 12.1. The van der Waals surface area contributed by atoms with E-state index in [1.165, 1.54) is 0 Å². The van der Waals surface area contributed by atoms with Crippen molar-refractivity contribution in [2.45, 2.75) is 20.8 Å². The van der Waals surface area contributed by atoms with Crippen LogP contribution in [0.3, 0.4) is 0 Å². The molecule has 2 N–H and O–H groups in total. The zero-order chi connectivity index (χ0) is 17.8. The summed E-state index contributed by atoms with van der Waals surface area (Å²) in [6.45, 7) is 6.11. The molecule has 128 valence electrons. The maximum Gasteiger partial charge on any atom is 0.249 e. The number of hydrogen-bond donors (Lipinski definition) is 2. The maximum absolute atomic E-state index is 5.39. The van der Waals surface area contributed by atoms with Crippen LogP contribution in [-0.2, 0) is 0 Å². The number of hydrogen-bond acceptors (Lipinski definition) is 6. The van der Waals surface area contributed by atoms with Gasteiger partial charge >= 0.3 is 0 Å². The van der Waals surface area contributed by atoms with Gasteiger partial charge in [-0.2, -0.15) is 10.1 Å². The minimum atomic E-state index is 0.439. The summed E-state index contributed by atoms with van der Waals surface area (Å²) in [4.78, 5) is 4.50. The Hall–Kier alpha value is -3.15. The fraction of sp³-hybridized carbons (Fsp3) is 0.211. The molecule has 3 rings (SSSR count). The Morgan fingerprint density at radius 3 is 2.44 bits per heavy atom. The Balaban J connectivity index is 1.86. The van der Waals surface area contributed by atoms with E-state index < -0.39 is 0 Å². The Bertz CT molecular complexity index is 874. The lowest BCUT2D eigenvalue weighted by Crippen LogP contribution is -2.05. The van der Waals surface area contributed by atoms with Gasteiger partial charge in [0, 0.05) is 5.69 Å². The first-order valence-electron chi connectivity index (χ1n) is 8.01. The molecule has 2 aromatic carbocycles. The van der Waals surface area contributed by atoms with Gasteiger partial charge in [-0.15, -0.1) is 5.10 Å². The third kappa shape index (κ3) is 3.85. The Morgan fingerprint density at radius 2 is 1.72 bits per heavy atom. The molecule has 0 bridgehead atoms. The molecular weight excluding hydrogens is 314 g/mol. The summed E-state index contributed by atoms with van der Waals surface area (Å²) in [5.74, 6) is 1.77. The molecule has 0 fully saturated rings. The number of para-hydroxylation sites is 1. The number of nitrogens with zero attached hydrogens (tertiary/aromatic N) is 3. The third-order valence-electron chi connectivity index (χ3n) is 3.89. The molecule has 0 unspecified atom stereocenters. The lowest BCUT2D eigenvalue weighted by atomic mass is 10.1. The molecule has 1 heterocycles.